The molecule has 0 aliphatic rings. The molecule has 0 saturated carbocycles. The number of halogens is 1. The number of hydrogen-bond acceptors (Lipinski definition) is 4. The third-order valence-electron chi connectivity index (χ3n) is 4.16. The number of para-hydroxylation sites is 1. The number of benzene rings is 2. The Labute approximate surface area is 161 Å². The Morgan fingerprint density at radius 1 is 1.08 bits per heavy atom. The van der Waals surface area contributed by atoms with Crippen LogP contribution in [0.5, 0.6) is 5.75 Å². The fourth-order valence-electron chi connectivity index (χ4n) is 2.86. The number of ether oxygens (including phenoxy) is 2. The number of nitrogens with zero attached hydrogens (tertiary/aromatic N) is 1. The van der Waals surface area contributed by atoms with E-state index in [4.69, 9.17) is 9.47 Å². The van der Waals surface area contributed by atoms with Gasteiger partial charge in [-0.25, -0.2) is 4.79 Å². The number of fused-ring (bicyclic) bond motifs is 1. The first kappa shape index (κ1) is 18.4. The third-order valence-corrected chi connectivity index (χ3v) is 4.69. The van der Waals surface area contributed by atoms with Gasteiger partial charge in [-0.15, -0.1) is 0 Å². The molecule has 0 unspecified atom stereocenters. The molecule has 5 heteroatoms. The van der Waals surface area contributed by atoms with Gasteiger partial charge in [-0.2, -0.15) is 0 Å². The standard InChI is InChI=1S/C21H20BrNO3/c1-3-18-20(14(2)17-6-4-5-7-19(17)23-18)21(24)26-13-12-25-16-10-8-15(22)9-11-16/h4-11H,3,12-13H2,1-2H3. The quantitative estimate of drug-likeness (QED) is 0.416. The van der Waals surface area contributed by atoms with Gasteiger partial charge >= 0.3 is 5.97 Å². The van der Waals surface area contributed by atoms with Gasteiger partial charge in [-0.1, -0.05) is 41.1 Å². The van der Waals surface area contributed by atoms with Crippen molar-refractivity contribution in [3.8, 4) is 5.75 Å². The van der Waals surface area contributed by atoms with Crippen LogP contribution < -0.4 is 4.74 Å². The van der Waals surface area contributed by atoms with E-state index in [9.17, 15) is 4.79 Å². The van der Waals surface area contributed by atoms with Crippen LogP contribution >= 0.6 is 15.9 Å². The zero-order valence-corrected chi connectivity index (χ0v) is 16.4. The molecule has 2 aromatic carbocycles. The number of aryl methyl sites for hydroxylation is 2. The molecule has 0 N–H and O–H groups in total. The van der Waals surface area contributed by atoms with Crippen molar-refractivity contribution < 1.29 is 14.3 Å². The first-order valence-corrected chi connectivity index (χ1v) is 9.33. The molecule has 0 aliphatic heterocycles. The Hall–Kier alpha value is -2.40. The second kappa shape index (κ2) is 8.32. The maximum atomic E-state index is 12.6. The smallest absolute Gasteiger partial charge is 0.340 e. The lowest BCUT2D eigenvalue weighted by Gasteiger charge is -2.13. The summed E-state index contributed by atoms with van der Waals surface area (Å²) in [6, 6.07) is 15.4. The molecule has 0 spiro atoms. The highest BCUT2D eigenvalue weighted by atomic mass is 79.9. The van der Waals surface area contributed by atoms with E-state index in [1.54, 1.807) is 0 Å². The van der Waals surface area contributed by atoms with Crippen LogP contribution in [-0.2, 0) is 11.2 Å². The van der Waals surface area contributed by atoms with Gasteiger partial charge in [0.15, 0.2) is 0 Å². The van der Waals surface area contributed by atoms with Crippen LogP contribution in [0.4, 0.5) is 0 Å². The molecule has 1 aromatic heterocycles. The van der Waals surface area contributed by atoms with E-state index in [0.717, 1.165) is 32.4 Å². The summed E-state index contributed by atoms with van der Waals surface area (Å²) in [7, 11) is 0. The van der Waals surface area contributed by atoms with Crippen molar-refractivity contribution in [3.63, 3.8) is 0 Å². The minimum atomic E-state index is -0.350. The number of hydrogen-bond donors (Lipinski definition) is 0. The van der Waals surface area contributed by atoms with Crippen LogP contribution in [0, 0.1) is 6.92 Å². The molecule has 0 amide bonds. The highest BCUT2D eigenvalue weighted by Crippen LogP contribution is 2.24. The number of esters is 1. The SMILES string of the molecule is CCc1nc2ccccc2c(C)c1C(=O)OCCOc1ccc(Br)cc1. The number of carbonyl (C=O) groups excluding carboxylic acids is 1. The minimum absolute atomic E-state index is 0.185. The molecule has 0 radical (unpaired) electrons. The molecule has 0 fully saturated rings. The molecule has 0 saturated heterocycles. The van der Waals surface area contributed by atoms with Crippen molar-refractivity contribution >= 4 is 32.8 Å². The Kier molecular flexibility index (Phi) is 5.89. The average molecular weight is 414 g/mol. The predicted octanol–water partition coefficient (Wildman–Crippen LogP) is 5.10. The van der Waals surface area contributed by atoms with Gasteiger partial charge < -0.3 is 9.47 Å². The molecule has 0 aliphatic carbocycles. The largest absolute Gasteiger partial charge is 0.490 e. The molecule has 1 heterocycles. The summed E-state index contributed by atoms with van der Waals surface area (Å²) in [6.45, 7) is 4.42. The van der Waals surface area contributed by atoms with Crippen LogP contribution in [0.1, 0.15) is 28.5 Å². The van der Waals surface area contributed by atoms with Crippen LogP contribution in [0.15, 0.2) is 53.0 Å². The lowest BCUT2D eigenvalue weighted by molar-refractivity contribution is 0.0448. The van der Waals surface area contributed by atoms with Gasteiger partial charge in [0.1, 0.15) is 19.0 Å². The van der Waals surface area contributed by atoms with E-state index in [-0.39, 0.29) is 12.6 Å². The molecule has 26 heavy (non-hydrogen) atoms. The molecule has 134 valence electrons. The van der Waals surface area contributed by atoms with Crippen molar-refractivity contribution in [1.82, 2.24) is 4.98 Å². The lowest BCUT2D eigenvalue weighted by atomic mass is 10.0. The minimum Gasteiger partial charge on any atom is -0.490 e. The van der Waals surface area contributed by atoms with Crippen LogP contribution in [0.25, 0.3) is 10.9 Å². The third kappa shape index (κ3) is 4.05. The van der Waals surface area contributed by atoms with Gasteiger partial charge in [-0.3, -0.25) is 4.98 Å². The lowest BCUT2D eigenvalue weighted by Crippen LogP contribution is -2.16. The molecule has 0 atom stereocenters. The van der Waals surface area contributed by atoms with E-state index < -0.39 is 0 Å². The van der Waals surface area contributed by atoms with E-state index in [1.165, 1.54) is 0 Å². The van der Waals surface area contributed by atoms with Crippen molar-refractivity contribution in [2.75, 3.05) is 13.2 Å². The summed E-state index contributed by atoms with van der Waals surface area (Å²) in [5.74, 6) is 0.388. The Morgan fingerprint density at radius 3 is 2.54 bits per heavy atom. The second-order valence-corrected chi connectivity index (χ2v) is 6.78. The number of pyridine rings is 1. The summed E-state index contributed by atoms with van der Waals surface area (Å²) >= 11 is 3.38. The Balaban J connectivity index is 1.69. The maximum Gasteiger partial charge on any atom is 0.340 e. The molecular weight excluding hydrogens is 394 g/mol. The van der Waals surface area contributed by atoms with E-state index in [1.807, 2.05) is 62.4 Å². The number of aromatic nitrogens is 1. The highest BCUT2D eigenvalue weighted by Gasteiger charge is 2.19. The first-order valence-electron chi connectivity index (χ1n) is 8.54. The summed E-state index contributed by atoms with van der Waals surface area (Å²) < 4.78 is 12.0. The Morgan fingerprint density at radius 2 is 1.81 bits per heavy atom. The normalized spacial score (nSPS) is 10.7. The van der Waals surface area contributed by atoms with Crippen LogP contribution in [-0.4, -0.2) is 24.2 Å². The van der Waals surface area contributed by atoms with Crippen molar-refractivity contribution in [1.29, 1.82) is 0 Å². The van der Waals surface area contributed by atoms with Crippen LogP contribution in [0.3, 0.4) is 0 Å². The van der Waals surface area contributed by atoms with E-state index in [0.29, 0.717) is 18.6 Å². The Bertz CT molecular complexity index is 922. The summed E-state index contributed by atoms with van der Waals surface area (Å²) in [5, 5.41) is 0.975. The van der Waals surface area contributed by atoms with Crippen molar-refractivity contribution in [2.45, 2.75) is 20.3 Å². The molecule has 3 rings (SSSR count). The van der Waals surface area contributed by atoms with Gasteiger partial charge in [0, 0.05) is 9.86 Å². The van der Waals surface area contributed by atoms with Crippen molar-refractivity contribution in [3.05, 3.63) is 69.8 Å². The highest BCUT2D eigenvalue weighted by molar-refractivity contribution is 9.10. The van der Waals surface area contributed by atoms with Gasteiger partial charge in [0.05, 0.1) is 16.8 Å². The number of carbonyl (C=O) groups is 1. The zero-order valence-electron chi connectivity index (χ0n) is 14.8. The fraction of sp³-hybridized carbons (Fsp3) is 0.238. The van der Waals surface area contributed by atoms with E-state index in [2.05, 4.69) is 20.9 Å². The summed E-state index contributed by atoms with van der Waals surface area (Å²) in [4.78, 5) is 17.2. The van der Waals surface area contributed by atoms with Crippen LogP contribution in [0.2, 0.25) is 0 Å². The van der Waals surface area contributed by atoms with Gasteiger partial charge in [0.2, 0.25) is 0 Å². The molecular formula is C21H20BrNO3. The van der Waals surface area contributed by atoms with Gasteiger partial charge in [0.25, 0.3) is 0 Å². The summed E-state index contributed by atoms with van der Waals surface area (Å²) in [5.41, 5.74) is 3.14. The number of rotatable bonds is 6. The topological polar surface area (TPSA) is 48.4 Å². The first-order chi connectivity index (χ1) is 12.6. The van der Waals surface area contributed by atoms with Gasteiger partial charge in [-0.05, 0) is 49.2 Å². The fourth-order valence-corrected chi connectivity index (χ4v) is 3.13. The maximum absolute atomic E-state index is 12.6. The second-order valence-electron chi connectivity index (χ2n) is 5.87. The predicted molar refractivity (Wildman–Crippen MR) is 106 cm³/mol. The zero-order chi connectivity index (χ0) is 18.5. The molecule has 4 nitrogen and oxygen atoms in total. The molecule has 3 aromatic rings. The van der Waals surface area contributed by atoms with Crippen molar-refractivity contribution in [2.24, 2.45) is 0 Å². The average Bonchev–Trinajstić information content (AvgIpc) is 2.66. The summed E-state index contributed by atoms with van der Waals surface area (Å²) in [6.07, 6.45) is 0.672. The molecule has 0 bridgehead atoms. The van der Waals surface area contributed by atoms with E-state index >= 15 is 0 Å². The monoisotopic (exact) mass is 413 g/mol.